The molecule has 0 saturated heterocycles. The fourth-order valence-electron chi connectivity index (χ4n) is 0.997. The Morgan fingerprint density at radius 1 is 1.62 bits per heavy atom. The van der Waals surface area contributed by atoms with Gasteiger partial charge in [-0.05, 0) is 12.1 Å². The second-order valence-corrected chi connectivity index (χ2v) is 2.81. The molecule has 0 amide bonds. The quantitative estimate of drug-likeness (QED) is 0.340. The Hall–Kier alpha value is -2.24. The first-order valence-corrected chi connectivity index (χ1v) is 4.28. The number of hydrogen-bond donors (Lipinski definition) is 0. The van der Waals surface area contributed by atoms with Gasteiger partial charge in [-0.3, -0.25) is 10.1 Å². The van der Waals surface area contributed by atoms with Gasteiger partial charge in [0.2, 0.25) is 5.82 Å². The van der Waals surface area contributed by atoms with Gasteiger partial charge in [0.1, 0.15) is 6.61 Å². The van der Waals surface area contributed by atoms with Gasteiger partial charge in [-0.15, -0.1) is 0 Å². The lowest BCUT2D eigenvalue weighted by molar-refractivity contribution is -0.387. The van der Waals surface area contributed by atoms with E-state index >= 15 is 0 Å². The normalized spacial score (nSPS) is 9.56. The molecule has 0 atom stereocenters. The van der Waals surface area contributed by atoms with Gasteiger partial charge < -0.3 is 4.74 Å². The number of nitrogens with zero attached hydrogens (tertiary/aromatic N) is 1. The number of rotatable bonds is 4. The Morgan fingerprint density at radius 2 is 2.31 bits per heavy atom. The maximum Gasteiger partial charge on any atom is 0.338 e. The molecule has 1 rings (SSSR count). The van der Waals surface area contributed by atoms with Crippen molar-refractivity contribution in [2.45, 2.75) is 0 Å². The highest BCUT2D eigenvalue weighted by Crippen LogP contribution is 2.18. The summed E-state index contributed by atoms with van der Waals surface area (Å²) >= 11 is 0. The minimum atomic E-state index is -0.995. The molecule has 0 aliphatic rings. The van der Waals surface area contributed by atoms with Crippen molar-refractivity contribution < 1.29 is 18.8 Å². The monoisotopic (exact) mass is 225 g/mol. The van der Waals surface area contributed by atoms with Crippen molar-refractivity contribution in [2.75, 3.05) is 6.61 Å². The van der Waals surface area contributed by atoms with Crippen LogP contribution in [0, 0.1) is 15.9 Å². The fourth-order valence-corrected chi connectivity index (χ4v) is 0.997. The molecule has 0 unspecified atom stereocenters. The summed E-state index contributed by atoms with van der Waals surface area (Å²) in [7, 11) is 0. The van der Waals surface area contributed by atoms with Crippen LogP contribution in [0.1, 0.15) is 10.4 Å². The van der Waals surface area contributed by atoms with Gasteiger partial charge in [0.25, 0.3) is 0 Å². The molecule has 84 valence electrons. The SMILES string of the molecule is C=CCOC(=O)c1ccc(F)c([N+](=O)[O-])c1. The molecule has 16 heavy (non-hydrogen) atoms. The van der Waals surface area contributed by atoms with Crippen LogP contribution in [-0.4, -0.2) is 17.5 Å². The number of halogens is 1. The number of nitro benzene ring substituents is 1. The highest BCUT2D eigenvalue weighted by molar-refractivity contribution is 5.90. The van der Waals surface area contributed by atoms with Crippen LogP contribution in [0.15, 0.2) is 30.9 Å². The second-order valence-electron chi connectivity index (χ2n) is 2.81. The zero-order valence-electron chi connectivity index (χ0n) is 8.18. The highest BCUT2D eigenvalue weighted by Gasteiger charge is 2.17. The van der Waals surface area contributed by atoms with Crippen molar-refractivity contribution in [3.63, 3.8) is 0 Å². The summed E-state index contributed by atoms with van der Waals surface area (Å²) in [5, 5.41) is 10.4. The zero-order chi connectivity index (χ0) is 12.1. The summed E-state index contributed by atoms with van der Waals surface area (Å²) in [4.78, 5) is 20.8. The van der Waals surface area contributed by atoms with E-state index in [1.54, 1.807) is 0 Å². The van der Waals surface area contributed by atoms with E-state index in [0.717, 1.165) is 18.2 Å². The summed E-state index contributed by atoms with van der Waals surface area (Å²) in [6.45, 7) is 3.33. The van der Waals surface area contributed by atoms with E-state index in [1.165, 1.54) is 6.08 Å². The third-order valence-electron chi connectivity index (χ3n) is 1.71. The molecule has 0 fully saturated rings. The topological polar surface area (TPSA) is 69.4 Å². The second kappa shape index (κ2) is 5.01. The van der Waals surface area contributed by atoms with Crippen LogP contribution in [-0.2, 0) is 4.74 Å². The highest BCUT2D eigenvalue weighted by atomic mass is 19.1. The molecule has 0 spiro atoms. The van der Waals surface area contributed by atoms with Crippen LogP contribution in [0.25, 0.3) is 0 Å². The molecule has 0 aliphatic heterocycles. The number of nitro groups is 1. The molecule has 6 heteroatoms. The maximum atomic E-state index is 12.9. The lowest BCUT2D eigenvalue weighted by atomic mass is 10.2. The summed E-state index contributed by atoms with van der Waals surface area (Å²) in [6, 6.07) is 2.80. The first-order chi connectivity index (χ1) is 7.56. The zero-order valence-corrected chi connectivity index (χ0v) is 8.18. The molecular formula is C10H8FNO4. The molecule has 0 aliphatic carbocycles. The molecule has 5 nitrogen and oxygen atoms in total. The molecular weight excluding hydrogens is 217 g/mol. The van der Waals surface area contributed by atoms with Crippen molar-refractivity contribution in [2.24, 2.45) is 0 Å². The van der Waals surface area contributed by atoms with Crippen LogP contribution in [0.3, 0.4) is 0 Å². The standard InChI is InChI=1S/C10H8FNO4/c1-2-5-16-10(13)7-3-4-8(11)9(6-7)12(14)15/h2-4,6H,1,5H2. The molecule has 0 N–H and O–H groups in total. The Balaban J connectivity index is 2.98. The lowest BCUT2D eigenvalue weighted by Crippen LogP contribution is -2.06. The van der Waals surface area contributed by atoms with Gasteiger partial charge in [-0.1, -0.05) is 12.7 Å². The van der Waals surface area contributed by atoms with Crippen molar-refractivity contribution in [1.82, 2.24) is 0 Å². The molecule has 0 heterocycles. The third-order valence-corrected chi connectivity index (χ3v) is 1.71. The smallest absolute Gasteiger partial charge is 0.338 e. The number of ether oxygens (including phenoxy) is 1. The fraction of sp³-hybridized carbons (Fsp3) is 0.100. The largest absolute Gasteiger partial charge is 0.458 e. The van der Waals surface area contributed by atoms with Crippen LogP contribution >= 0.6 is 0 Å². The van der Waals surface area contributed by atoms with Crippen LogP contribution in [0.4, 0.5) is 10.1 Å². The van der Waals surface area contributed by atoms with E-state index in [4.69, 9.17) is 0 Å². The lowest BCUT2D eigenvalue weighted by Gasteiger charge is -2.01. The molecule has 0 bridgehead atoms. The van der Waals surface area contributed by atoms with E-state index in [9.17, 15) is 19.3 Å². The summed E-state index contributed by atoms with van der Waals surface area (Å²) in [6.07, 6.45) is 1.36. The number of hydrogen-bond acceptors (Lipinski definition) is 4. The molecule has 0 radical (unpaired) electrons. The van der Waals surface area contributed by atoms with Crippen LogP contribution in [0.5, 0.6) is 0 Å². The maximum absolute atomic E-state index is 12.9. The Labute approximate surface area is 90.3 Å². The number of esters is 1. The van der Waals surface area contributed by atoms with Crippen molar-refractivity contribution >= 4 is 11.7 Å². The van der Waals surface area contributed by atoms with E-state index in [0.29, 0.717) is 0 Å². The average molecular weight is 225 g/mol. The predicted molar refractivity (Wildman–Crippen MR) is 53.5 cm³/mol. The van der Waals surface area contributed by atoms with Crippen LogP contribution in [0.2, 0.25) is 0 Å². The Morgan fingerprint density at radius 3 is 2.88 bits per heavy atom. The van der Waals surface area contributed by atoms with E-state index < -0.39 is 22.4 Å². The molecule has 0 saturated carbocycles. The van der Waals surface area contributed by atoms with Gasteiger partial charge >= 0.3 is 11.7 Å². The first kappa shape index (κ1) is 11.8. The van der Waals surface area contributed by atoms with Crippen molar-refractivity contribution in [3.05, 3.63) is 52.3 Å². The van der Waals surface area contributed by atoms with E-state index in [-0.39, 0.29) is 12.2 Å². The predicted octanol–water partition coefficient (Wildman–Crippen LogP) is 2.08. The van der Waals surface area contributed by atoms with Crippen molar-refractivity contribution in [3.8, 4) is 0 Å². The van der Waals surface area contributed by atoms with E-state index in [1.807, 2.05) is 0 Å². The van der Waals surface area contributed by atoms with Gasteiger partial charge in [0, 0.05) is 6.07 Å². The van der Waals surface area contributed by atoms with Gasteiger partial charge in [0.05, 0.1) is 10.5 Å². The summed E-state index contributed by atoms with van der Waals surface area (Å²) < 4.78 is 17.6. The molecule has 1 aromatic carbocycles. The van der Waals surface area contributed by atoms with E-state index in [2.05, 4.69) is 11.3 Å². The van der Waals surface area contributed by atoms with Gasteiger partial charge in [-0.25, -0.2) is 4.79 Å². The number of carbonyl (C=O) groups is 1. The molecule has 1 aromatic rings. The summed E-state index contributed by atoms with van der Waals surface area (Å²) in [5.74, 6) is -1.76. The number of carbonyl (C=O) groups excluding carboxylic acids is 1. The summed E-state index contributed by atoms with van der Waals surface area (Å²) in [5.41, 5.74) is -0.831. The van der Waals surface area contributed by atoms with Gasteiger partial charge in [0.15, 0.2) is 0 Å². The Bertz CT molecular complexity index is 444. The molecule has 0 aromatic heterocycles. The minimum Gasteiger partial charge on any atom is -0.458 e. The van der Waals surface area contributed by atoms with Gasteiger partial charge in [-0.2, -0.15) is 4.39 Å². The van der Waals surface area contributed by atoms with Crippen LogP contribution < -0.4 is 0 Å². The Kier molecular flexibility index (Phi) is 3.71. The average Bonchev–Trinajstić information content (AvgIpc) is 2.26. The first-order valence-electron chi connectivity index (χ1n) is 4.28. The third kappa shape index (κ3) is 2.63. The number of benzene rings is 1. The minimum absolute atomic E-state index is 0.00991. The van der Waals surface area contributed by atoms with Crippen molar-refractivity contribution in [1.29, 1.82) is 0 Å².